The average Bonchev–Trinajstić information content (AvgIpc) is 1.97. The van der Waals surface area contributed by atoms with E-state index in [0.717, 1.165) is 0 Å². The van der Waals surface area contributed by atoms with E-state index in [2.05, 4.69) is 5.32 Å². The minimum Gasteiger partial charge on any atom is -0.356 e. The number of nitrogens with two attached hydrogens (primary N) is 1. The van der Waals surface area contributed by atoms with Gasteiger partial charge in [0.15, 0.2) is 0 Å². The molecule has 1 amide bonds. The Morgan fingerprint density at radius 2 is 2.08 bits per heavy atom. The van der Waals surface area contributed by atoms with Crippen LogP contribution in [0.5, 0.6) is 0 Å². The molecule has 0 aliphatic heterocycles. The van der Waals surface area contributed by atoms with Crippen LogP contribution in [0.25, 0.3) is 0 Å². The number of carbonyl (C=O) groups is 1. The van der Waals surface area contributed by atoms with Gasteiger partial charge in [-0.15, -0.1) is 0 Å². The van der Waals surface area contributed by atoms with Crippen molar-refractivity contribution in [2.75, 3.05) is 25.1 Å². The number of hydrogen-bond acceptors (Lipinski definition) is 4. The van der Waals surface area contributed by atoms with Gasteiger partial charge in [-0.2, -0.15) is 0 Å². The summed E-state index contributed by atoms with van der Waals surface area (Å²) in [5, 5.41) is 2.57. The number of nitrogens with one attached hydrogen (secondary N) is 1. The minimum atomic E-state index is -2.91. The van der Waals surface area contributed by atoms with Gasteiger partial charge in [0, 0.05) is 25.8 Å². The topological polar surface area (TPSA) is 89.3 Å². The maximum atomic E-state index is 10.8. The maximum Gasteiger partial charge on any atom is 0.221 e. The third-order valence-electron chi connectivity index (χ3n) is 1.39. The smallest absolute Gasteiger partial charge is 0.221 e. The van der Waals surface area contributed by atoms with Crippen LogP contribution in [-0.4, -0.2) is 39.4 Å². The van der Waals surface area contributed by atoms with Crippen LogP contribution in [0.4, 0.5) is 0 Å². The largest absolute Gasteiger partial charge is 0.356 e. The van der Waals surface area contributed by atoms with Gasteiger partial charge in [0.2, 0.25) is 5.91 Å². The molecule has 0 atom stereocenters. The normalized spacial score (nSPS) is 11.2. The second-order valence-electron chi connectivity index (χ2n) is 2.87. The van der Waals surface area contributed by atoms with E-state index in [1.807, 2.05) is 0 Å². The average molecular weight is 208 g/mol. The van der Waals surface area contributed by atoms with Crippen LogP contribution in [0.15, 0.2) is 0 Å². The van der Waals surface area contributed by atoms with E-state index in [9.17, 15) is 13.2 Å². The molecule has 3 N–H and O–H groups in total. The first kappa shape index (κ1) is 12.4. The standard InChI is InChI=1S/C7H16N2O3S/c1-13(11,12)6-2-5-9-7(10)3-4-8/h2-6,8H2,1H3,(H,9,10). The highest BCUT2D eigenvalue weighted by molar-refractivity contribution is 7.90. The molecule has 5 nitrogen and oxygen atoms in total. The molecule has 0 bridgehead atoms. The molecule has 0 aliphatic rings. The van der Waals surface area contributed by atoms with Gasteiger partial charge in [-0.25, -0.2) is 8.42 Å². The molecule has 0 saturated carbocycles. The van der Waals surface area contributed by atoms with E-state index < -0.39 is 9.84 Å². The highest BCUT2D eigenvalue weighted by atomic mass is 32.2. The maximum absolute atomic E-state index is 10.8. The van der Waals surface area contributed by atoms with Crippen LogP contribution in [0, 0.1) is 0 Å². The Morgan fingerprint density at radius 1 is 1.46 bits per heavy atom. The van der Waals surface area contributed by atoms with E-state index in [4.69, 9.17) is 5.73 Å². The van der Waals surface area contributed by atoms with Crippen molar-refractivity contribution in [3.8, 4) is 0 Å². The van der Waals surface area contributed by atoms with E-state index in [0.29, 0.717) is 25.9 Å². The molecule has 0 aromatic carbocycles. The molecule has 0 aromatic rings. The van der Waals surface area contributed by atoms with Gasteiger partial charge in [-0.05, 0) is 6.42 Å². The lowest BCUT2D eigenvalue weighted by molar-refractivity contribution is -0.120. The van der Waals surface area contributed by atoms with Gasteiger partial charge >= 0.3 is 0 Å². The number of rotatable bonds is 6. The molecule has 0 aliphatic carbocycles. The van der Waals surface area contributed by atoms with Crippen molar-refractivity contribution in [2.24, 2.45) is 5.73 Å². The summed E-state index contributed by atoms with van der Waals surface area (Å²) < 4.78 is 21.3. The molecule has 0 rings (SSSR count). The summed E-state index contributed by atoms with van der Waals surface area (Å²) in [5.74, 6) is -0.0217. The number of amides is 1. The summed E-state index contributed by atoms with van der Waals surface area (Å²) in [7, 11) is -2.91. The number of hydrogen-bond donors (Lipinski definition) is 2. The Balaban J connectivity index is 3.41. The van der Waals surface area contributed by atoms with E-state index >= 15 is 0 Å². The second-order valence-corrected chi connectivity index (χ2v) is 5.13. The van der Waals surface area contributed by atoms with Crippen molar-refractivity contribution in [2.45, 2.75) is 12.8 Å². The van der Waals surface area contributed by atoms with Crippen LogP contribution >= 0.6 is 0 Å². The van der Waals surface area contributed by atoms with Crippen LogP contribution in [0.2, 0.25) is 0 Å². The lowest BCUT2D eigenvalue weighted by Crippen LogP contribution is -2.27. The molecule has 0 unspecified atom stereocenters. The van der Waals surface area contributed by atoms with Gasteiger partial charge in [-0.1, -0.05) is 0 Å². The second kappa shape index (κ2) is 5.93. The lowest BCUT2D eigenvalue weighted by atomic mass is 10.4. The van der Waals surface area contributed by atoms with Crippen molar-refractivity contribution < 1.29 is 13.2 Å². The predicted octanol–water partition coefficient (Wildman–Crippen LogP) is -1.11. The fourth-order valence-electron chi connectivity index (χ4n) is 0.782. The predicted molar refractivity (Wildman–Crippen MR) is 51.0 cm³/mol. The summed E-state index contributed by atoms with van der Waals surface area (Å²) in [6.45, 7) is 0.712. The lowest BCUT2D eigenvalue weighted by Gasteiger charge is -2.02. The Bertz CT molecular complexity index is 248. The van der Waals surface area contributed by atoms with Crippen molar-refractivity contribution >= 4 is 15.7 Å². The van der Waals surface area contributed by atoms with E-state index in [1.165, 1.54) is 6.26 Å². The van der Waals surface area contributed by atoms with Crippen LogP contribution in [0.3, 0.4) is 0 Å². The monoisotopic (exact) mass is 208 g/mol. The highest BCUT2D eigenvalue weighted by Gasteiger charge is 2.02. The molecule has 0 saturated heterocycles. The minimum absolute atomic E-state index is 0.107. The molecule has 0 aromatic heterocycles. The van der Waals surface area contributed by atoms with E-state index in [-0.39, 0.29) is 11.7 Å². The van der Waals surface area contributed by atoms with Crippen molar-refractivity contribution in [1.82, 2.24) is 5.32 Å². The van der Waals surface area contributed by atoms with Crippen LogP contribution in [0.1, 0.15) is 12.8 Å². The Hall–Kier alpha value is -0.620. The Morgan fingerprint density at radius 3 is 2.54 bits per heavy atom. The molecule has 0 spiro atoms. The van der Waals surface area contributed by atoms with E-state index in [1.54, 1.807) is 0 Å². The Kier molecular flexibility index (Phi) is 5.65. The molecule has 78 valence electrons. The molecule has 0 radical (unpaired) electrons. The SMILES string of the molecule is CS(=O)(=O)CCCNC(=O)CCN. The fourth-order valence-corrected chi connectivity index (χ4v) is 1.45. The fraction of sp³-hybridized carbons (Fsp3) is 0.857. The zero-order chi connectivity index (χ0) is 10.3. The number of carbonyl (C=O) groups excluding carboxylic acids is 1. The first-order valence-electron chi connectivity index (χ1n) is 4.10. The van der Waals surface area contributed by atoms with Crippen LogP contribution < -0.4 is 11.1 Å². The van der Waals surface area contributed by atoms with Crippen molar-refractivity contribution in [3.63, 3.8) is 0 Å². The zero-order valence-corrected chi connectivity index (χ0v) is 8.56. The van der Waals surface area contributed by atoms with Gasteiger partial charge < -0.3 is 11.1 Å². The summed E-state index contributed by atoms with van der Waals surface area (Å²) in [6.07, 6.45) is 1.92. The molecule has 6 heteroatoms. The molecular weight excluding hydrogens is 192 g/mol. The van der Waals surface area contributed by atoms with Gasteiger partial charge in [-0.3, -0.25) is 4.79 Å². The first-order chi connectivity index (χ1) is 5.95. The summed E-state index contributed by atoms with van der Waals surface area (Å²) in [4.78, 5) is 10.8. The summed E-state index contributed by atoms with van der Waals surface area (Å²) in [6, 6.07) is 0. The molecule has 13 heavy (non-hydrogen) atoms. The van der Waals surface area contributed by atoms with Gasteiger partial charge in [0.25, 0.3) is 0 Å². The van der Waals surface area contributed by atoms with Crippen molar-refractivity contribution in [3.05, 3.63) is 0 Å². The summed E-state index contributed by atoms with van der Waals surface area (Å²) >= 11 is 0. The molecule has 0 fully saturated rings. The van der Waals surface area contributed by atoms with Gasteiger partial charge in [0.05, 0.1) is 5.75 Å². The Labute approximate surface area is 78.6 Å². The summed E-state index contributed by atoms with van der Waals surface area (Å²) in [5.41, 5.74) is 5.15. The first-order valence-corrected chi connectivity index (χ1v) is 6.16. The third-order valence-corrected chi connectivity index (χ3v) is 2.42. The van der Waals surface area contributed by atoms with Gasteiger partial charge in [0.1, 0.15) is 9.84 Å². The zero-order valence-electron chi connectivity index (χ0n) is 7.75. The molecular formula is C7H16N2O3S. The van der Waals surface area contributed by atoms with Crippen LogP contribution in [-0.2, 0) is 14.6 Å². The quantitative estimate of drug-likeness (QED) is 0.541. The number of sulfone groups is 1. The molecule has 0 heterocycles. The van der Waals surface area contributed by atoms with Crippen molar-refractivity contribution in [1.29, 1.82) is 0 Å². The third kappa shape index (κ3) is 9.29. The highest BCUT2D eigenvalue weighted by Crippen LogP contribution is 1.87.